The molecule has 1 saturated heterocycles. The fourth-order valence-corrected chi connectivity index (χ4v) is 2.78. The number of carbonyl (C=O) groups is 1. The molecule has 2 rings (SSSR count). The predicted octanol–water partition coefficient (Wildman–Crippen LogP) is 3.39. The van der Waals surface area contributed by atoms with Crippen LogP contribution in [0.25, 0.3) is 0 Å². The first-order valence-corrected chi connectivity index (χ1v) is 7.63. The van der Waals surface area contributed by atoms with Crippen molar-refractivity contribution in [2.75, 3.05) is 20.1 Å². The number of halogens is 2. The minimum Gasteiger partial charge on any atom is -0.339 e. The fraction of sp³-hybridized carbons (Fsp3) is 0.533. The van der Waals surface area contributed by atoms with Crippen molar-refractivity contribution in [2.24, 2.45) is 0 Å². The summed E-state index contributed by atoms with van der Waals surface area (Å²) in [5.74, 6) is 0.127. The van der Waals surface area contributed by atoms with Crippen molar-refractivity contribution in [1.29, 1.82) is 0 Å². The van der Waals surface area contributed by atoms with Gasteiger partial charge in [-0.25, -0.2) is 0 Å². The summed E-state index contributed by atoms with van der Waals surface area (Å²) >= 11 is 3.47. The van der Waals surface area contributed by atoms with E-state index in [1.54, 1.807) is 0 Å². The lowest BCUT2D eigenvalue weighted by atomic mass is 10.1. The molecule has 0 saturated carbocycles. The summed E-state index contributed by atoms with van der Waals surface area (Å²) in [5.41, 5.74) is 1.88. The molecular weight excluding hydrogens is 340 g/mol. The molecule has 1 aromatic rings. The summed E-state index contributed by atoms with van der Waals surface area (Å²) < 4.78 is 1.05. The van der Waals surface area contributed by atoms with Crippen LogP contribution in [0.2, 0.25) is 0 Å². The molecule has 0 radical (unpaired) electrons. The number of aryl methyl sites for hydroxylation is 1. The van der Waals surface area contributed by atoms with Crippen LogP contribution in [0.15, 0.2) is 22.7 Å². The minimum absolute atomic E-state index is 0. The van der Waals surface area contributed by atoms with E-state index in [9.17, 15) is 4.79 Å². The second kappa shape index (κ2) is 8.01. The number of rotatable bonds is 2. The van der Waals surface area contributed by atoms with Crippen molar-refractivity contribution in [3.8, 4) is 0 Å². The van der Waals surface area contributed by atoms with Gasteiger partial charge >= 0.3 is 0 Å². The molecule has 5 heteroatoms. The molecule has 1 aliphatic heterocycles. The van der Waals surface area contributed by atoms with Crippen LogP contribution < -0.4 is 5.32 Å². The zero-order valence-electron chi connectivity index (χ0n) is 12.0. The van der Waals surface area contributed by atoms with Crippen molar-refractivity contribution in [3.05, 3.63) is 33.8 Å². The van der Waals surface area contributed by atoms with E-state index in [0.29, 0.717) is 6.04 Å². The maximum absolute atomic E-state index is 12.5. The van der Waals surface area contributed by atoms with Crippen molar-refractivity contribution >= 4 is 34.2 Å². The standard InChI is InChI=1S/C15H21BrN2O.ClH/c1-11-10-12(5-6-14(11)16)15(19)18(2)13-4-3-8-17-9-7-13;/h5-6,10,13,17H,3-4,7-9H2,1-2H3;1H. The first kappa shape index (κ1) is 17.5. The van der Waals surface area contributed by atoms with Gasteiger partial charge in [-0.1, -0.05) is 15.9 Å². The van der Waals surface area contributed by atoms with Crippen LogP contribution in [0.5, 0.6) is 0 Å². The third-order valence-electron chi connectivity index (χ3n) is 3.82. The van der Waals surface area contributed by atoms with Gasteiger partial charge < -0.3 is 10.2 Å². The summed E-state index contributed by atoms with van der Waals surface area (Å²) in [6.45, 7) is 4.08. The molecule has 1 atom stereocenters. The van der Waals surface area contributed by atoms with Gasteiger partial charge in [-0.2, -0.15) is 0 Å². The first-order valence-electron chi connectivity index (χ1n) is 6.83. The van der Waals surface area contributed by atoms with Gasteiger partial charge in [-0.05, 0) is 63.0 Å². The summed E-state index contributed by atoms with van der Waals surface area (Å²) in [4.78, 5) is 14.4. The maximum Gasteiger partial charge on any atom is 0.253 e. The lowest BCUT2D eigenvalue weighted by Gasteiger charge is -2.27. The van der Waals surface area contributed by atoms with Crippen LogP contribution in [-0.2, 0) is 0 Å². The zero-order valence-corrected chi connectivity index (χ0v) is 14.4. The zero-order chi connectivity index (χ0) is 13.8. The smallest absolute Gasteiger partial charge is 0.253 e. The molecule has 112 valence electrons. The highest BCUT2D eigenvalue weighted by Crippen LogP contribution is 2.20. The lowest BCUT2D eigenvalue weighted by molar-refractivity contribution is 0.0720. The van der Waals surface area contributed by atoms with Crippen molar-refractivity contribution < 1.29 is 4.79 Å². The van der Waals surface area contributed by atoms with Crippen LogP contribution in [-0.4, -0.2) is 37.0 Å². The van der Waals surface area contributed by atoms with E-state index in [2.05, 4.69) is 21.2 Å². The van der Waals surface area contributed by atoms with E-state index in [4.69, 9.17) is 0 Å². The topological polar surface area (TPSA) is 32.3 Å². The second-order valence-electron chi connectivity index (χ2n) is 5.21. The molecule has 1 heterocycles. The van der Waals surface area contributed by atoms with E-state index >= 15 is 0 Å². The molecule has 1 aromatic carbocycles. The molecule has 0 aromatic heterocycles. The van der Waals surface area contributed by atoms with Gasteiger partial charge in [-0.15, -0.1) is 12.4 Å². The molecule has 1 amide bonds. The van der Waals surface area contributed by atoms with Gasteiger partial charge in [0.15, 0.2) is 0 Å². The van der Waals surface area contributed by atoms with Crippen LogP contribution in [0.4, 0.5) is 0 Å². The third-order valence-corrected chi connectivity index (χ3v) is 4.71. The number of benzene rings is 1. The highest BCUT2D eigenvalue weighted by Gasteiger charge is 2.22. The van der Waals surface area contributed by atoms with Crippen LogP contribution in [0.1, 0.15) is 35.2 Å². The Morgan fingerprint density at radius 3 is 2.80 bits per heavy atom. The Labute approximate surface area is 135 Å². The highest BCUT2D eigenvalue weighted by molar-refractivity contribution is 9.10. The van der Waals surface area contributed by atoms with Crippen molar-refractivity contribution in [1.82, 2.24) is 10.2 Å². The average molecular weight is 362 g/mol. The van der Waals surface area contributed by atoms with Gasteiger partial charge in [-0.3, -0.25) is 4.79 Å². The SMILES string of the molecule is Cc1cc(C(=O)N(C)C2CCCNCC2)ccc1Br.Cl. The molecular formula is C15H22BrClN2O. The Hall–Kier alpha value is -0.580. The van der Waals surface area contributed by atoms with E-state index in [-0.39, 0.29) is 18.3 Å². The van der Waals surface area contributed by atoms with Crippen LogP contribution >= 0.6 is 28.3 Å². The Morgan fingerprint density at radius 2 is 2.10 bits per heavy atom. The predicted molar refractivity (Wildman–Crippen MR) is 88.7 cm³/mol. The number of carbonyl (C=O) groups excluding carboxylic acids is 1. The van der Waals surface area contributed by atoms with E-state index in [1.807, 2.05) is 37.1 Å². The molecule has 20 heavy (non-hydrogen) atoms. The van der Waals surface area contributed by atoms with E-state index in [1.165, 1.54) is 0 Å². The van der Waals surface area contributed by atoms with E-state index < -0.39 is 0 Å². The largest absolute Gasteiger partial charge is 0.339 e. The maximum atomic E-state index is 12.5. The lowest BCUT2D eigenvalue weighted by Crippen LogP contribution is -2.37. The summed E-state index contributed by atoms with van der Waals surface area (Å²) in [6, 6.07) is 6.15. The molecule has 0 bridgehead atoms. The van der Waals surface area contributed by atoms with Crippen molar-refractivity contribution in [3.63, 3.8) is 0 Å². The fourth-order valence-electron chi connectivity index (χ4n) is 2.54. The number of hydrogen-bond acceptors (Lipinski definition) is 2. The molecule has 0 aliphatic carbocycles. The second-order valence-corrected chi connectivity index (χ2v) is 6.07. The molecule has 0 spiro atoms. The number of nitrogens with zero attached hydrogens (tertiary/aromatic N) is 1. The average Bonchev–Trinajstić information content (AvgIpc) is 2.69. The molecule has 1 unspecified atom stereocenters. The number of amides is 1. The van der Waals surface area contributed by atoms with Crippen molar-refractivity contribution in [2.45, 2.75) is 32.2 Å². The molecule has 1 N–H and O–H groups in total. The summed E-state index contributed by atoms with van der Waals surface area (Å²) in [7, 11) is 1.93. The van der Waals surface area contributed by atoms with Gasteiger partial charge in [0, 0.05) is 23.1 Å². The molecule has 3 nitrogen and oxygen atoms in total. The minimum atomic E-state index is 0. The summed E-state index contributed by atoms with van der Waals surface area (Å²) in [6.07, 6.45) is 3.27. The van der Waals surface area contributed by atoms with Gasteiger partial charge in [0.25, 0.3) is 5.91 Å². The number of nitrogens with one attached hydrogen (secondary N) is 1. The quantitative estimate of drug-likeness (QED) is 0.875. The van der Waals surface area contributed by atoms with Crippen LogP contribution in [0.3, 0.4) is 0 Å². The van der Waals surface area contributed by atoms with E-state index in [0.717, 1.165) is 48.0 Å². The Kier molecular flexibility index (Phi) is 7.00. The Morgan fingerprint density at radius 1 is 1.35 bits per heavy atom. The van der Waals surface area contributed by atoms with Crippen LogP contribution in [0, 0.1) is 6.92 Å². The normalized spacial score (nSPS) is 18.9. The van der Waals surface area contributed by atoms with Gasteiger partial charge in [0.2, 0.25) is 0 Å². The Balaban J connectivity index is 0.00000200. The third kappa shape index (κ3) is 4.21. The Bertz CT molecular complexity index is 459. The van der Waals surface area contributed by atoms with Gasteiger partial charge in [0.05, 0.1) is 0 Å². The van der Waals surface area contributed by atoms with Gasteiger partial charge in [0.1, 0.15) is 0 Å². The number of hydrogen-bond donors (Lipinski definition) is 1. The first-order chi connectivity index (χ1) is 9.09. The molecule has 1 aliphatic rings. The highest BCUT2D eigenvalue weighted by atomic mass is 79.9. The monoisotopic (exact) mass is 360 g/mol. The molecule has 1 fully saturated rings. The summed E-state index contributed by atoms with van der Waals surface area (Å²) in [5, 5.41) is 3.38.